The average molecular weight is 507 g/mol. The van der Waals surface area contributed by atoms with E-state index in [1.54, 1.807) is 25.1 Å². The van der Waals surface area contributed by atoms with E-state index in [-0.39, 0.29) is 27.6 Å². The van der Waals surface area contributed by atoms with Crippen molar-refractivity contribution in [1.82, 2.24) is 5.32 Å². The molecule has 4 amide bonds. The predicted molar refractivity (Wildman–Crippen MR) is 128 cm³/mol. The molecule has 1 aliphatic heterocycles. The van der Waals surface area contributed by atoms with Gasteiger partial charge in [0.1, 0.15) is 16.2 Å². The van der Waals surface area contributed by atoms with Crippen molar-refractivity contribution in [2.24, 2.45) is 0 Å². The Balaban J connectivity index is 1.69. The highest BCUT2D eigenvalue weighted by atomic mass is 32.2. The first-order valence-corrected chi connectivity index (χ1v) is 11.7. The fourth-order valence-electron chi connectivity index (χ4n) is 3.32. The maximum atomic E-state index is 13.1. The molecule has 0 aliphatic carbocycles. The third-order valence-electron chi connectivity index (χ3n) is 5.15. The Labute approximate surface area is 204 Å². The Morgan fingerprint density at radius 3 is 2.22 bits per heavy atom. The van der Waals surface area contributed by atoms with Crippen molar-refractivity contribution in [1.29, 1.82) is 0 Å². The highest BCUT2D eigenvalue weighted by Crippen LogP contribution is 2.28. The van der Waals surface area contributed by atoms with E-state index in [2.05, 4.69) is 0 Å². The zero-order valence-electron chi connectivity index (χ0n) is 18.6. The zero-order valence-corrected chi connectivity index (χ0v) is 19.4. The number of carbonyl (C=O) groups is 3. The number of non-ortho nitro benzene ring substituents is 1. The van der Waals surface area contributed by atoms with Gasteiger partial charge in [0.15, 0.2) is 0 Å². The lowest BCUT2D eigenvalue weighted by atomic mass is 10.1. The molecule has 0 bridgehead atoms. The summed E-state index contributed by atoms with van der Waals surface area (Å²) in [5, 5.41) is 12.9. The van der Waals surface area contributed by atoms with Gasteiger partial charge in [-0.2, -0.15) is 8.42 Å². The molecule has 182 valence electrons. The van der Waals surface area contributed by atoms with Gasteiger partial charge in [-0.3, -0.25) is 25.0 Å². The van der Waals surface area contributed by atoms with Crippen LogP contribution in [0.2, 0.25) is 0 Å². The van der Waals surface area contributed by atoms with E-state index in [1.807, 2.05) is 5.32 Å². The quantitative estimate of drug-likeness (QED) is 0.175. The highest BCUT2D eigenvalue weighted by molar-refractivity contribution is 7.87. The number of anilines is 1. The minimum atomic E-state index is -4.23. The van der Waals surface area contributed by atoms with Crippen molar-refractivity contribution in [2.45, 2.75) is 11.8 Å². The van der Waals surface area contributed by atoms with Crippen LogP contribution in [0.15, 0.2) is 83.3 Å². The number of para-hydroxylation sites is 1. The summed E-state index contributed by atoms with van der Waals surface area (Å²) in [6, 6.07) is 15.4. The van der Waals surface area contributed by atoms with Gasteiger partial charge in [0.05, 0.1) is 10.6 Å². The van der Waals surface area contributed by atoms with E-state index < -0.39 is 38.5 Å². The van der Waals surface area contributed by atoms with Crippen molar-refractivity contribution < 1.29 is 31.9 Å². The monoisotopic (exact) mass is 507 g/mol. The Bertz CT molecular complexity index is 1530. The summed E-state index contributed by atoms with van der Waals surface area (Å²) in [6.45, 7) is 1.80. The van der Waals surface area contributed by atoms with E-state index in [9.17, 15) is 32.9 Å². The first-order valence-electron chi connectivity index (χ1n) is 10.3. The first kappa shape index (κ1) is 24.3. The van der Waals surface area contributed by atoms with Gasteiger partial charge in [0.25, 0.3) is 17.5 Å². The van der Waals surface area contributed by atoms with Crippen LogP contribution in [0, 0.1) is 17.0 Å². The topological polar surface area (TPSA) is 153 Å². The fourth-order valence-corrected chi connectivity index (χ4v) is 4.27. The van der Waals surface area contributed by atoms with Crippen LogP contribution in [0.25, 0.3) is 6.08 Å². The van der Waals surface area contributed by atoms with Crippen molar-refractivity contribution in [2.75, 3.05) is 4.90 Å². The molecule has 1 heterocycles. The predicted octanol–water partition coefficient (Wildman–Crippen LogP) is 3.34. The third-order valence-corrected chi connectivity index (χ3v) is 6.40. The van der Waals surface area contributed by atoms with Crippen molar-refractivity contribution >= 4 is 45.4 Å². The van der Waals surface area contributed by atoms with Crippen LogP contribution < -0.4 is 14.4 Å². The molecule has 0 atom stereocenters. The Morgan fingerprint density at radius 1 is 0.944 bits per heavy atom. The SMILES string of the molecule is Cc1ccc(S(=O)(=O)Oc2ccccc2/C=C2\C(=O)NC(=O)N(c3ccc([N+](=O)[O-])cc3)C2=O)cc1. The third kappa shape index (κ3) is 4.83. The molecule has 1 saturated heterocycles. The summed E-state index contributed by atoms with van der Waals surface area (Å²) in [5.41, 5.74) is 0.207. The number of nitro benzene ring substituents is 1. The van der Waals surface area contributed by atoms with Crippen LogP contribution in [-0.2, 0) is 19.7 Å². The maximum absolute atomic E-state index is 13.1. The molecule has 4 rings (SSSR count). The van der Waals surface area contributed by atoms with E-state index in [0.29, 0.717) is 4.90 Å². The van der Waals surface area contributed by atoms with E-state index in [4.69, 9.17) is 4.18 Å². The second kappa shape index (κ2) is 9.43. The number of carbonyl (C=O) groups excluding carboxylic acids is 3. The van der Waals surface area contributed by atoms with Crippen LogP contribution in [0.5, 0.6) is 5.75 Å². The highest BCUT2D eigenvalue weighted by Gasteiger charge is 2.37. The second-order valence-electron chi connectivity index (χ2n) is 7.62. The van der Waals surface area contributed by atoms with Gasteiger partial charge >= 0.3 is 16.1 Å². The van der Waals surface area contributed by atoms with Crippen molar-refractivity contribution in [3.63, 3.8) is 0 Å². The number of aryl methyl sites for hydroxylation is 1. The summed E-state index contributed by atoms with van der Waals surface area (Å²) in [6.07, 6.45) is 1.10. The molecule has 0 spiro atoms. The van der Waals surface area contributed by atoms with E-state index in [0.717, 1.165) is 23.8 Å². The van der Waals surface area contributed by atoms with Crippen LogP contribution in [0.4, 0.5) is 16.2 Å². The van der Waals surface area contributed by atoms with Gasteiger partial charge in [0, 0.05) is 17.7 Å². The summed E-state index contributed by atoms with van der Waals surface area (Å²) >= 11 is 0. The standard InChI is InChI=1S/C24H17N3O8S/c1-15-6-12-19(13-7-15)36(33,34)35-21-5-3-2-4-16(21)14-20-22(28)25-24(30)26(23(20)29)17-8-10-18(11-9-17)27(31)32/h2-14H,1H3,(H,25,28,30)/b20-14+. The number of barbiturate groups is 1. The molecule has 3 aromatic rings. The minimum Gasteiger partial charge on any atom is -0.378 e. The first-order chi connectivity index (χ1) is 17.1. The minimum absolute atomic E-state index is 0.00650. The zero-order chi connectivity index (χ0) is 26.0. The van der Waals surface area contributed by atoms with Crippen molar-refractivity contribution in [3.05, 3.63) is 99.6 Å². The molecule has 1 aliphatic rings. The summed E-state index contributed by atoms with van der Waals surface area (Å²) in [4.78, 5) is 48.8. The molecule has 36 heavy (non-hydrogen) atoms. The van der Waals surface area contributed by atoms with Gasteiger partial charge in [-0.05, 0) is 43.3 Å². The Hall–Kier alpha value is -4.84. The molecular formula is C24H17N3O8S. The number of amides is 4. The Morgan fingerprint density at radius 2 is 1.58 bits per heavy atom. The van der Waals surface area contributed by atoms with Gasteiger partial charge in [-0.25, -0.2) is 9.69 Å². The molecular weight excluding hydrogens is 490 g/mol. The van der Waals surface area contributed by atoms with Gasteiger partial charge in [-0.15, -0.1) is 0 Å². The number of rotatable bonds is 6. The lowest BCUT2D eigenvalue weighted by Crippen LogP contribution is -2.54. The van der Waals surface area contributed by atoms with Gasteiger partial charge in [-0.1, -0.05) is 35.9 Å². The van der Waals surface area contributed by atoms with E-state index in [1.165, 1.54) is 42.5 Å². The number of imide groups is 2. The summed E-state index contributed by atoms with van der Waals surface area (Å²) < 4.78 is 30.8. The molecule has 0 aromatic heterocycles. The number of benzene rings is 3. The van der Waals surface area contributed by atoms with E-state index >= 15 is 0 Å². The number of nitro groups is 1. The molecule has 1 N–H and O–H groups in total. The molecule has 1 fully saturated rings. The fraction of sp³-hybridized carbons (Fsp3) is 0.0417. The summed E-state index contributed by atoms with van der Waals surface area (Å²) in [5.74, 6) is -2.15. The normalized spacial score (nSPS) is 15.1. The number of nitrogens with one attached hydrogen (secondary N) is 1. The lowest BCUT2D eigenvalue weighted by molar-refractivity contribution is -0.384. The molecule has 11 nitrogen and oxygen atoms in total. The average Bonchev–Trinajstić information content (AvgIpc) is 2.83. The summed E-state index contributed by atoms with van der Waals surface area (Å²) in [7, 11) is -4.23. The van der Waals surface area contributed by atoms with Crippen LogP contribution in [0.1, 0.15) is 11.1 Å². The van der Waals surface area contributed by atoms with Crippen LogP contribution >= 0.6 is 0 Å². The second-order valence-corrected chi connectivity index (χ2v) is 9.17. The number of nitrogens with zero attached hydrogens (tertiary/aromatic N) is 2. The lowest BCUT2D eigenvalue weighted by Gasteiger charge is -2.26. The van der Waals surface area contributed by atoms with Crippen LogP contribution in [0.3, 0.4) is 0 Å². The molecule has 3 aromatic carbocycles. The van der Waals surface area contributed by atoms with Crippen molar-refractivity contribution in [3.8, 4) is 5.75 Å². The number of hydrogen-bond acceptors (Lipinski definition) is 8. The maximum Gasteiger partial charge on any atom is 0.339 e. The number of urea groups is 1. The Kier molecular flexibility index (Phi) is 6.36. The van der Waals surface area contributed by atoms with Gasteiger partial charge < -0.3 is 4.18 Å². The molecule has 0 saturated carbocycles. The largest absolute Gasteiger partial charge is 0.378 e. The molecule has 0 radical (unpaired) electrons. The smallest absolute Gasteiger partial charge is 0.339 e. The molecule has 0 unspecified atom stereocenters. The number of hydrogen-bond donors (Lipinski definition) is 1. The van der Waals surface area contributed by atoms with Gasteiger partial charge in [0.2, 0.25) is 0 Å². The molecule has 12 heteroatoms. The van der Waals surface area contributed by atoms with Crippen LogP contribution in [-0.4, -0.2) is 31.2 Å².